The number of benzene rings is 2. The first kappa shape index (κ1) is 28.4. The third-order valence-corrected chi connectivity index (χ3v) is 9.32. The Bertz CT molecular complexity index is 1380. The third-order valence-electron chi connectivity index (χ3n) is 6.20. The van der Waals surface area contributed by atoms with Gasteiger partial charge in [0, 0.05) is 20.2 Å². The number of hydrogen-bond acceptors (Lipinski definition) is 5. The number of aromatic nitrogens is 2. The minimum absolute atomic E-state index is 0.237. The van der Waals surface area contributed by atoms with E-state index in [4.69, 9.17) is 26.1 Å². The van der Waals surface area contributed by atoms with E-state index in [9.17, 15) is 4.79 Å². The van der Waals surface area contributed by atoms with Crippen LogP contribution >= 0.6 is 23.4 Å². The number of halogens is 1. The summed E-state index contributed by atoms with van der Waals surface area (Å²) in [7, 11) is -1.21. The molecule has 1 unspecified atom stereocenters. The Balaban J connectivity index is 1.66. The van der Waals surface area contributed by atoms with Gasteiger partial charge >= 0.3 is 5.97 Å². The maximum Gasteiger partial charge on any atom is 0.319 e. The first-order valence-corrected chi connectivity index (χ1v) is 17.9. The van der Waals surface area contributed by atoms with Gasteiger partial charge in [0.25, 0.3) is 0 Å². The summed E-state index contributed by atoms with van der Waals surface area (Å²) >= 11 is 8.25. The molecule has 0 saturated heterocycles. The fourth-order valence-corrected chi connectivity index (χ4v) is 6.03. The molecular formula is C30H35ClN2O3SSi. The number of fused-ring (bicyclic) bond motifs is 1. The predicted molar refractivity (Wildman–Crippen MR) is 162 cm³/mol. The van der Waals surface area contributed by atoms with E-state index in [1.54, 1.807) is 0 Å². The molecule has 0 radical (unpaired) electrons. The molecule has 0 spiro atoms. The van der Waals surface area contributed by atoms with Gasteiger partial charge in [-0.2, -0.15) is 0 Å². The van der Waals surface area contributed by atoms with Crippen molar-refractivity contribution < 1.29 is 14.3 Å². The monoisotopic (exact) mass is 566 g/mol. The van der Waals surface area contributed by atoms with Crippen molar-refractivity contribution in [1.29, 1.82) is 0 Å². The Morgan fingerprint density at radius 2 is 1.68 bits per heavy atom. The Morgan fingerprint density at radius 3 is 2.34 bits per heavy atom. The van der Waals surface area contributed by atoms with Gasteiger partial charge in [0.1, 0.15) is 12.0 Å². The zero-order valence-electron chi connectivity index (χ0n) is 22.7. The lowest BCUT2D eigenvalue weighted by Crippen LogP contribution is -2.22. The van der Waals surface area contributed by atoms with Crippen LogP contribution in [0.1, 0.15) is 13.8 Å². The maximum absolute atomic E-state index is 12.4. The van der Waals surface area contributed by atoms with E-state index in [2.05, 4.69) is 60.6 Å². The van der Waals surface area contributed by atoms with E-state index in [0.717, 1.165) is 44.5 Å². The van der Waals surface area contributed by atoms with Crippen LogP contribution in [0.15, 0.2) is 71.8 Å². The van der Waals surface area contributed by atoms with Crippen molar-refractivity contribution in [2.45, 2.75) is 56.5 Å². The summed E-state index contributed by atoms with van der Waals surface area (Å²) in [4.78, 5) is 17.3. The van der Waals surface area contributed by atoms with Crippen LogP contribution < -0.4 is 0 Å². The van der Waals surface area contributed by atoms with Crippen molar-refractivity contribution in [2.24, 2.45) is 0 Å². The van der Waals surface area contributed by atoms with Crippen molar-refractivity contribution in [1.82, 2.24) is 9.55 Å². The average molecular weight is 567 g/mol. The van der Waals surface area contributed by atoms with Gasteiger partial charge in [-0.15, -0.1) is 0 Å². The van der Waals surface area contributed by atoms with Gasteiger partial charge in [-0.05, 0) is 43.2 Å². The molecule has 0 saturated carbocycles. The normalized spacial score (nSPS) is 12.6. The summed E-state index contributed by atoms with van der Waals surface area (Å²) in [5.74, 6) is -0.237. The van der Waals surface area contributed by atoms with Crippen LogP contribution in [-0.4, -0.2) is 42.1 Å². The van der Waals surface area contributed by atoms with Crippen LogP contribution in [0.5, 0.6) is 0 Å². The smallest absolute Gasteiger partial charge is 0.319 e. The topological polar surface area (TPSA) is 53.3 Å². The molecule has 0 aliphatic carbocycles. The lowest BCUT2D eigenvalue weighted by atomic mass is 10.0. The molecule has 2 aromatic carbocycles. The number of carbonyl (C=O) groups is 1. The molecule has 0 amide bonds. The maximum atomic E-state index is 12.4. The van der Waals surface area contributed by atoms with E-state index in [1.165, 1.54) is 11.8 Å². The van der Waals surface area contributed by atoms with E-state index < -0.39 is 8.07 Å². The third kappa shape index (κ3) is 7.08. The second kappa shape index (κ2) is 12.5. The Labute approximate surface area is 235 Å². The minimum atomic E-state index is -1.21. The Kier molecular flexibility index (Phi) is 9.36. The molecule has 0 fully saturated rings. The molecule has 38 heavy (non-hydrogen) atoms. The molecular weight excluding hydrogens is 532 g/mol. The standard InChI is InChI=1S/C30H35ClN2O3SSi/c1-6-36-30(34)21(2)37-28-19-26-27(33(28)20-35-16-17-38(3,4)5)18-25(31)29(32-26)24-14-12-23(13-15-24)22-10-8-7-9-11-22/h7-15,18-19,21H,6,16-17,20H2,1-5H3. The van der Waals surface area contributed by atoms with E-state index in [1.807, 2.05) is 44.2 Å². The number of rotatable bonds is 11. The second-order valence-corrected chi connectivity index (χ2v) is 17.8. The van der Waals surface area contributed by atoms with Gasteiger partial charge in [0.05, 0.1) is 33.4 Å². The highest BCUT2D eigenvalue weighted by Crippen LogP contribution is 2.35. The Hall–Kier alpha value is -2.58. The molecule has 200 valence electrons. The zero-order chi connectivity index (χ0) is 27.3. The van der Waals surface area contributed by atoms with Crippen molar-refractivity contribution in [2.75, 3.05) is 13.2 Å². The molecule has 8 heteroatoms. The quantitative estimate of drug-likeness (QED) is 0.0789. The SMILES string of the molecule is CCOC(=O)C(C)Sc1cc2nc(-c3ccc(-c4ccccc4)cc3)c(Cl)cc2n1COCC[Si](C)(C)C. The van der Waals surface area contributed by atoms with Crippen molar-refractivity contribution in [3.63, 3.8) is 0 Å². The largest absolute Gasteiger partial charge is 0.465 e. The predicted octanol–water partition coefficient (Wildman–Crippen LogP) is 8.38. The molecule has 1 atom stereocenters. The van der Waals surface area contributed by atoms with Gasteiger partial charge in [-0.25, -0.2) is 4.98 Å². The van der Waals surface area contributed by atoms with E-state index in [-0.39, 0.29) is 11.2 Å². The fraction of sp³-hybridized carbons (Fsp3) is 0.333. The first-order chi connectivity index (χ1) is 18.2. The molecule has 4 rings (SSSR count). The summed E-state index contributed by atoms with van der Waals surface area (Å²) in [5, 5.41) is 1.11. The lowest BCUT2D eigenvalue weighted by Gasteiger charge is -2.17. The van der Waals surface area contributed by atoms with Crippen LogP contribution in [0, 0.1) is 0 Å². The molecule has 0 aliphatic rings. The number of pyridine rings is 1. The highest BCUT2D eigenvalue weighted by atomic mass is 35.5. The second-order valence-electron chi connectivity index (χ2n) is 10.4. The first-order valence-electron chi connectivity index (χ1n) is 12.9. The van der Waals surface area contributed by atoms with Crippen LogP contribution in [0.4, 0.5) is 0 Å². The number of esters is 1. The van der Waals surface area contributed by atoms with Crippen molar-refractivity contribution >= 4 is 48.4 Å². The van der Waals surface area contributed by atoms with Gasteiger partial charge in [0.2, 0.25) is 0 Å². The van der Waals surface area contributed by atoms with Gasteiger partial charge in [-0.3, -0.25) is 4.79 Å². The minimum Gasteiger partial charge on any atom is -0.465 e. The van der Waals surface area contributed by atoms with E-state index in [0.29, 0.717) is 25.0 Å². The molecule has 4 aromatic rings. The van der Waals surface area contributed by atoms with Crippen LogP contribution in [0.3, 0.4) is 0 Å². The molecule has 0 N–H and O–H groups in total. The average Bonchev–Trinajstić information content (AvgIpc) is 3.21. The van der Waals surface area contributed by atoms with Gasteiger partial charge in [0.15, 0.2) is 0 Å². The highest BCUT2D eigenvalue weighted by Gasteiger charge is 2.21. The number of ether oxygens (including phenoxy) is 2. The highest BCUT2D eigenvalue weighted by molar-refractivity contribution is 8.00. The molecule has 5 nitrogen and oxygen atoms in total. The molecule has 2 aromatic heterocycles. The summed E-state index contributed by atoms with van der Waals surface area (Å²) in [6.07, 6.45) is 0. The molecule has 0 aliphatic heterocycles. The summed E-state index contributed by atoms with van der Waals surface area (Å²) in [6, 6.07) is 23.6. The van der Waals surface area contributed by atoms with Gasteiger partial charge in [-0.1, -0.05) is 97.6 Å². The molecule has 2 heterocycles. The summed E-state index contributed by atoms with van der Waals surface area (Å²) < 4.78 is 13.4. The number of nitrogens with zero attached hydrogens (tertiary/aromatic N) is 2. The fourth-order valence-electron chi connectivity index (χ4n) is 4.04. The van der Waals surface area contributed by atoms with Crippen LogP contribution in [0.25, 0.3) is 33.4 Å². The van der Waals surface area contributed by atoms with Crippen molar-refractivity contribution in [3.05, 3.63) is 71.8 Å². The van der Waals surface area contributed by atoms with E-state index >= 15 is 0 Å². The van der Waals surface area contributed by atoms with Crippen LogP contribution in [0.2, 0.25) is 30.7 Å². The van der Waals surface area contributed by atoms with Crippen molar-refractivity contribution in [3.8, 4) is 22.4 Å². The zero-order valence-corrected chi connectivity index (χ0v) is 25.2. The number of carbonyl (C=O) groups excluding carboxylic acids is 1. The van der Waals surface area contributed by atoms with Crippen LogP contribution in [-0.2, 0) is 21.0 Å². The number of thioether (sulfide) groups is 1. The summed E-state index contributed by atoms with van der Waals surface area (Å²) in [5.41, 5.74) is 5.67. The lowest BCUT2D eigenvalue weighted by molar-refractivity contribution is -0.142. The molecule has 0 bridgehead atoms. The van der Waals surface area contributed by atoms with Gasteiger partial charge < -0.3 is 14.0 Å². The Morgan fingerprint density at radius 1 is 1.03 bits per heavy atom. The summed E-state index contributed by atoms with van der Waals surface area (Å²) in [6.45, 7) is 12.1. The number of hydrogen-bond donors (Lipinski definition) is 0.